The van der Waals surface area contributed by atoms with Gasteiger partial charge in [-0.2, -0.15) is 0 Å². The summed E-state index contributed by atoms with van der Waals surface area (Å²) in [4.78, 5) is 17.7. The van der Waals surface area contributed by atoms with E-state index in [1.807, 2.05) is 37.1 Å². The van der Waals surface area contributed by atoms with E-state index in [1.165, 1.54) is 7.11 Å². The summed E-state index contributed by atoms with van der Waals surface area (Å²) in [5.74, 6) is -0.317. The maximum Gasteiger partial charge on any atom is 0.324 e. The molecule has 17 heavy (non-hydrogen) atoms. The van der Waals surface area contributed by atoms with Gasteiger partial charge in [0.1, 0.15) is 6.04 Å². The Bertz CT molecular complexity index is 382. The molecule has 0 aliphatic rings. The minimum Gasteiger partial charge on any atom is -0.468 e. The molecule has 1 aromatic rings. The summed E-state index contributed by atoms with van der Waals surface area (Å²) < 4.78 is 4.70. The van der Waals surface area contributed by atoms with Crippen molar-refractivity contribution in [2.45, 2.75) is 19.5 Å². The molecular formula is C12H19N3O2. The minimum absolute atomic E-state index is 0.231. The summed E-state index contributed by atoms with van der Waals surface area (Å²) >= 11 is 0. The van der Waals surface area contributed by atoms with Crippen LogP contribution in [0.15, 0.2) is 18.2 Å². The van der Waals surface area contributed by atoms with Crippen LogP contribution in [0.2, 0.25) is 0 Å². The van der Waals surface area contributed by atoms with Gasteiger partial charge in [0.25, 0.3) is 0 Å². The van der Waals surface area contributed by atoms with E-state index in [0.717, 1.165) is 11.4 Å². The molecule has 1 unspecified atom stereocenters. The van der Waals surface area contributed by atoms with Crippen molar-refractivity contribution in [1.29, 1.82) is 0 Å². The van der Waals surface area contributed by atoms with Crippen LogP contribution in [0.4, 0.5) is 0 Å². The molecule has 0 radical (unpaired) electrons. The number of methoxy groups -OCH3 is 1. The zero-order valence-corrected chi connectivity index (χ0v) is 10.5. The molecule has 0 aromatic carbocycles. The van der Waals surface area contributed by atoms with E-state index in [0.29, 0.717) is 6.54 Å². The third-order valence-electron chi connectivity index (χ3n) is 2.59. The van der Waals surface area contributed by atoms with Crippen LogP contribution in [0, 0.1) is 6.92 Å². The van der Waals surface area contributed by atoms with Crippen molar-refractivity contribution < 1.29 is 9.53 Å². The van der Waals surface area contributed by atoms with Crippen LogP contribution < -0.4 is 5.73 Å². The second-order valence-corrected chi connectivity index (χ2v) is 3.96. The molecule has 0 spiro atoms. The third-order valence-corrected chi connectivity index (χ3v) is 2.59. The Morgan fingerprint density at radius 1 is 1.59 bits per heavy atom. The average Bonchev–Trinajstić information content (AvgIpc) is 2.29. The zero-order valence-electron chi connectivity index (χ0n) is 10.5. The van der Waals surface area contributed by atoms with Crippen molar-refractivity contribution in [3.05, 3.63) is 29.6 Å². The molecule has 94 valence electrons. The maximum absolute atomic E-state index is 11.5. The smallest absolute Gasteiger partial charge is 0.324 e. The van der Waals surface area contributed by atoms with E-state index >= 15 is 0 Å². The number of hydrogen-bond donors (Lipinski definition) is 1. The van der Waals surface area contributed by atoms with Crippen molar-refractivity contribution in [3.8, 4) is 0 Å². The van der Waals surface area contributed by atoms with Gasteiger partial charge in [-0.25, -0.2) is 0 Å². The molecule has 2 N–H and O–H groups in total. The molecule has 1 heterocycles. The fraction of sp³-hybridized carbons (Fsp3) is 0.500. The fourth-order valence-electron chi connectivity index (χ4n) is 1.65. The SMILES string of the molecule is COC(=O)C(CN)N(C)Cc1cccc(C)n1. The highest BCUT2D eigenvalue weighted by Gasteiger charge is 2.22. The van der Waals surface area contributed by atoms with Gasteiger partial charge in [0, 0.05) is 18.8 Å². The van der Waals surface area contributed by atoms with E-state index < -0.39 is 6.04 Å². The van der Waals surface area contributed by atoms with E-state index in [2.05, 4.69) is 4.98 Å². The highest BCUT2D eigenvalue weighted by atomic mass is 16.5. The monoisotopic (exact) mass is 237 g/mol. The van der Waals surface area contributed by atoms with Crippen molar-refractivity contribution in [2.24, 2.45) is 5.73 Å². The lowest BCUT2D eigenvalue weighted by molar-refractivity contribution is -0.146. The van der Waals surface area contributed by atoms with Gasteiger partial charge in [0.2, 0.25) is 0 Å². The fourth-order valence-corrected chi connectivity index (χ4v) is 1.65. The Morgan fingerprint density at radius 3 is 2.82 bits per heavy atom. The molecule has 0 amide bonds. The highest BCUT2D eigenvalue weighted by molar-refractivity contribution is 5.75. The number of esters is 1. The van der Waals surface area contributed by atoms with Gasteiger partial charge >= 0.3 is 5.97 Å². The molecule has 0 bridgehead atoms. The van der Waals surface area contributed by atoms with Gasteiger partial charge in [-0.05, 0) is 26.1 Å². The lowest BCUT2D eigenvalue weighted by Crippen LogP contribution is -2.44. The normalized spacial score (nSPS) is 12.5. The maximum atomic E-state index is 11.5. The number of carbonyl (C=O) groups is 1. The number of likely N-dealkylation sites (N-methyl/N-ethyl adjacent to an activating group) is 1. The Hall–Kier alpha value is -1.46. The predicted octanol–water partition coefficient (Wildman–Crippen LogP) is 0.322. The number of hydrogen-bond acceptors (Lipinski definition) is 5. The van der Waals surface area contributed by atoms with Crippen LogP contribution in [0.5, 0.6) is 0 Å². The first kappa shape index (κ1) is 13.6. The first-order chi connectivity index (χ1) is 8.08. The van der Waals surface area contributed by atoms with Crippen molar-refractivity contribution in [2.75, 3.05) is 20.7 Å². The first-order valence-corrected chi connectivity index (χ1v) is 5.49. The second kappa shape index (κ2) is 6.32. The van der Waals surface area contributed by atoms with Crippen LogP contribution in [0.25, 0.3) is 0 Å². The summed E-state index contributed by atoms with van der Waals surface area (Å²) in [6.07, 6.45) is 0. The molecule has 5 heteroatoms. The van der Waals surface area contributed by atoms with Gasteiger partial charge in [0.05, 0.1) is 12.8 Å². The van der Waals surface area contributed by atoms with Crippen LogP contribution in [-0.4, -0.2) is 42.6 Å². The number of ether oxygens (including phenoxy) is 1. The third kappa shape index (κ3) is 3.80. The van der Waals surface area contributed by atoms with E-state index in [9.17, 15) is 4.79 Å². The lowest BCUT2D eigenvalue weighted by Gasteiger charge is -2.24. The van der Waals surface area contributed by atoms with Gasteiger partial charge in [0.15, 0.2) is 0 Å². The highest BCUT2D eigenvalue weighted by Crippen LogP contribution is 2.05. The predicted molar refractivity (Wildman–Crippen MR) is 65.3 cm³/mol. The van der Waals surface area contributed by atoms with Crippen LogP contribution >= 0.6 is 0 Å². The first-order valence-electron chi connectivity index (χ1n) is 5.49. The quantitative estimate of drug-likeness (QED) is 0.747. The van der Waals surface area contributed by atoms with Crippen LogP contribution in [-0.2, 0) is 16.1 Å². The molecule has 0 aliphatic heterocycles. The number of aryl methyl sites for hydroxylation is 1. The van der Waals surface area contributed by atoms with E-state index in [4.69, 9.17) is 10.5 Å². The Balaban J connectivity index is 2.70. The van der Waals surface area contributed by atoms with Crippen molar-refractivity contribution in [1.82, 2.24) is 9.88 Å². The molecule has 1 rings (SSSR count). The molecule has 1 atom stereocenters. The summed E-state index contributed by atoms with van der Waals surface area (Å²) in [5.41, 5.74) is 7.44. The van der Waals surface area contributed by atoms with Gasteiger partial charge in [-0.1, -0.05) is 6.07 Å². The van der Waals surface area contributed by atoms with E-state index in [1.54, 1.807) is 0 Å². The summed E-state index contributed by atoms with van der Waals surface area (Å²) in [6, 6.07) is 5.38. The number of nitrogens with zero attached hydrogens (tertiary/aromatic N) is 2. The van der Waals surface area contributed by atoms with Crippen LogP contribution in [0.3, 0.4) is 0 Å². The average molecular weight is 237 g/mol. The minimum atomic E-state index is -0.428. The Morgan fingerprint density at radius 2 is 2.29 bits per heavy atom. The zero-order chi connectivity index (χ0) is 12.8. The van der Waals surface area contributed by atoms with Gasteiger partial charge in [-0.15, -0.1) is 0 Å². The molecule has 0 saturated carbocycles. The number of rotatable bonds is 5. The molecular weight excluding hydrogens is 218 g/mol. The van der Waals surface area contributed by atoms with Gasteiger partial charge in [-0.3, -0.25) is 14.7 Å². The van der Waals surface area contributed by atoms with Crippen molar-refractivity contribution in [3.63, 3.8) is 0 Å². The molecule has 0 saturated heterocycles. The topological polar surface area (TPSA) is 68.5 Å². The molecule has 1 aromatic heterocycles. The second-order valence-electron chi connectivity index (χ2n) is 3.96. The van der Waals surface area contributed by atoms with Crippen molar-refractivity contribution >= 4 is 5.97 Å². The molecule has 0 aliphatic carbocycles. The van der Waals surface area contributed by atoms with Gasteiger partial charge < -0.3 is 10.5 Å². The standard InChI is InChI=1S/C12H19N3O2/c1-9-5-4-6-10(14-9)8-15(2)11(7-13)12(16)17-3/h4-6,11H,7-8,13H2,1-3H3. The summed E-state index contributed by atoms with van der Waals surface area (Å²) in [7, 11) is 3.20. The van der Waals surface area contributed by atoms with E-state index in [-0.39, 0.29) is 12.5 Å². The number of nitrogens with two attached hydrogens (primary N) is 1. The summed E-state index contributed by atoms with van der Waals surface area (Å²) in [6.45, 7) is 2.73. The Labute approximate surface area is 102 Å². The molecule has 5 nitrogen and oxygen atoms in total. The largest absolute Gasteiger partial charge is 0.468 e. The number of aromatic nitrogens is 1. The summed E-state index contributed by atoms with van der Waals surface area (Å²) in [5, 5.41) is 0. The lowest BCUT2D eigenvalue weighted by atomic mass is 10.2. The Kier molecular flexibility index (Phi) is 5.06. The number of carbonyl (C=O) groups excluding carboxylic acids is 1. The number of pyridine rings is 1. The molecule has 0 fully saturated rings. The van der Waals surface area contributed by atoms with Crippen LogP contribution in [0.1, 0.15) is 11.4 Å².